The van der Waals surface area contributed by atoms with Crippen LogP contribution < -0.4 is 5.32 Å². The molecule has 4 nitrogen and oxygen atoms in total. The van der Waals surface area contributed by atoms with Crippen molar-refractivity contribution in [2.45, 2.75) is 46.2 Å². The second-order valence-electron chi connectivity index (χ2n) is 6.72. The molecule has 0 aliphatic heterocycles. The van der Waals surface area contributed by atoms with E-state index in [1.807, 2.05) is 50.2 Å². The maximum Gasteiger partial charge on any atom is 0.242 e. The third-order valence-corrected chi connectivity index (χ3v) is 4.84. The normalized spacial score (nSPS) is 11.7. The number of nitrogens with one attached hydrogen (secondary N) is 1. The molecule has 144 valence electrons. The number of rotatable bonds is 8. The molecule has 0 unspecified atom stereocenters. The van der Waals surface area contributed by atoms with Gasteiger partial charge in [-0.1, -0.05) is 54.9 Å². The highest BCUT2D eigenvalue weighted by Gasteiger charge is 2.26. The molecule has 0 aliphatic carbocycles. The topological polar surface area (TPSA) is 49.4 Å². The molecule has 0 bridgehead atoms. The van der Waals surface area contributed by atoms with Crippen LogP contribution in [0.15, 0.2) is 48.5 Å². The smallest absolute Gasteiger partial charge is 0.242 e. The minimum Gasteiger partial charge on any atom is -0.354 e. The number of nitrogens with zero attached hydrogens (tertiary/aromatic N) is 1. The minimum atomic E-state index is -0.545. The van der Waals surface area contributed by atoms with E-state index in [-0.39, 0.29) is 18.2 Å². The molecule has 0 saturated carbocycles. The highest BCUT2D eigenvalue weighted by Crippen LogP contribution is 2.16. The predicted octanol–water partition coefficient (Wildman–Crippen LogP) is 4.13. The zero-order chi connectivity index (χ0) is 19.8. The van der Waals surface area contributed by atoms with Gasteiger partial charge in [0.05, 0.1) is 6.42 Å². The summed E-state index contributed by atoms with van der Waals surface area (Å²) in [6.45, 7) is 6.80. The molecule has 27 heavy (non-hydrogen) atoms. The molecule has 0 fully saturated rings. The van der Waals surface area contributed by atoms with E-state index in [1.165, 1.54) is 0 Å². The number of aryl methyl sites for hydroxylation is 1. The monoisotopic (exact) mass is 386 g/mol. The van der Waals surface area contributed by atoms with Crippen LogP contribution in [0.4, 0.5) is 0 Å². The Hall–Kier alpha value is -2.33. The molecule has 5 heteroatoms. The van der Waals surface area contributed by atoms with Crippen LogP contribution in [0, 0.1) is 6.92 Å². The fourth-order valence-electron chi connectivity index (χ4n) is 2.83. The molecule has 1 atom stereocenters. The number of hydrogen-bond acceptors (Lipinski definition) is 2. The molecular weight excluding hydrogens is 360 g/mol. The fourth-order valence-corrected chi connectivity index (χ4v) is 2.95. The number of benzene rings is 2. The molecule has 1 N–H and O–H groups in total. The van der Waals surface area contributed by atoms with E-state index in [9.17, 15) is 9.59 Å². The average Bonchev–Trinajstić information content (AvgIpc) is 2.66. The molecule has 2 aromatic carbocycles. The molecular formula is C22H27ClN2O2. The summed E-state index contributed by atoms with van der Waals surface area (Å²) in [5.41, 5.74) is 3.01. The van der Waals surface area contributed by atoms with Gasteiger partial charge in [0, 0.05) is 18.1 Å². The molecule has 0 heterocycles. The Kier molecular flexibility index (Phi) is 7.86. The van der Waals surface area contributed by atoms with Crippen LogP contribution in [0.1, 0.15) is 37.0 Å². The van der Waals surface area contributed by atoms with Gasteiger partial charge in [0.2, 0.25) is 11.8 Å². The largest absolute Gasteiger partial charge is 0.354 e. The summed E-state index contributed by atoms with van der Waals surface area (Å²) in [6.07, 6.45) is 1.09. The van der Waals surface area contributed by atoms with Crippen molar-refractivity contribution in [2.24, 2.45) is 0 Å². The SMILES string of the molecule is CCCNC(=O)[C@H](C)N(Cc1ccccc1C)C(=O)Cc1ccc(Cl)cc1. The van der Waals surface area contributed by atoms with Gasteiger partial charge < -0.3 is 10.2 Å². The van der Waals surface area contributed by atoms with E-state index in [0.29, 0.717) is 18.1 Å². The van der Waals surface area contributed by atoms with Crippen LogP contribution in [0.3, 0.4) is 0 Å². The van der Waals surface area contributed by atoms with E-state index in [1.54, 1.807) is 24.0 Å². The minimum absolute atomic E-state index is 0.0836. The van der Waals surface area contributed by atoms with E-state index in [0.717, 1.165) is 23.1 Å². The average molecular weight is 387 g/mol. The van der Waals surface area contributed by atoms with Crippen LogP contribution in [0.2, 0.25) is 5.02 Å². The first-order valence-corrected chi connectivity index (χ1v) is 9.66. The maximum absolute atomic E-state index is 13.0. The fraction of sp³-hybridized carbons (Fsp3) is 0.364. The number of hydrogen-bond donors (Lipinski definition) is 1. The van der Waals surface area contributed by atoms with Crippen LogP contribution >= 0.6 is 11.6 Å². The summed E-state index contributed by atoms with van der Waals surface area (Å²) >= 11 is 5.93. The first-order valence-electron chi connectivity index (χ1n) is 9.28. The number of halogens is 1. The van der Waals surface area contributed by atoms with Gasteiger partial charge in [0.25, 0.3) is 0 Å². The maximum atomic E-state index is 13.0. The Morgan fingerprint density at radius 3 is 2.41 bits per heavy atom. The molecule has 0 aromatic heterocycles. The van der Waals surface area contributed by atoms with Gasteiger partial charge in [-0.25, -0.2) is 0 Å². The van der Waals surface area contributed by atoms with Crippen molar-refractivity contribution in [3.05, 3.63) is 70.2 Å². The standard InChI is InChI=1S/C22H27ClN2O2/c1-4-13-24-22(27)17(3)25(15-19-8-6-5-7-16(19)2)21(26)14-18-9-11-20(23)12-10-18/h5-12,17H,4,13-15H2,1-3H3,(H,24,27)/t17-/m0/s1. The molecule has 2 aromatic rings. The Morgan fingerprint density at radius 2 is 1.78 bits per heavy atom. The number of carbonyl (C=O) groups is 2. The van der Waals surface area contributed by atoms with Gasteiger partial charge in [0.1, 0.15) is 6.04 Å². The van der Waals surface area contributed by atoms with Crippen molar-refractivity contribution in [3.63, 3.8) is 0 Å². The van der Waals surface area contributed by atoms with E-state index in [2.05, 4.69) is 5.32 Å². The van der Waals surface area contributed by atoms with Crippen molar-refractivity contribution in [1.82, 2.24) is 10.2 Å². The molecule has 0 spiro atoms. The zero-order valence-corrected chi connectivity index (χ0v) is 16.9. The van der Waals surface area contributed by atoms with E-state index in [4.69, 9.17) is 11.6 Å². The van der Waals surface area contributed by atoms with Crippen LogP contribution in [0.25, 0.3) is 0 Å². The van der Waals surface area contributed by atoms with Crippen molar-refractivity contribution in [1.29, 1.82) is 0 Å². The number of amides is 2. The van der Waals surface area contributed by atoms with Crippen molar-refractivity contribution in [3.8, 4) is 0 Å². The Morgan fingerprint density at radius 1 is 1.11 bits per heavy atom. The van der Waals surface area contributed by atoms with Crippen molar-refractivity contribution < 1.29 is 9.59 Å². The summed E-state index contributed by atoms with van der Waals surface area (Å²) in [7, 11) is 0. The lowest BCUT2D eigenvalue weighted by Gasteiger charge is -2.29. The zero-order valence-electron chi connectivity index (χ0n) is 16.2. The third kappa shape index (κ3) is 6.10. The van der Waals surface area contributed by atoms with E-state index >= 15 is 0 Å². The lowest BCUT2D eigenvalue weighted by Crippen LogP contribution is -2.48. The first kappa shape index (κ1) is 21.0. The van der Waals surface area contributed by atoms with E-state index < -0.39 is 6.04 Å². The van der Waals surface area contributed by atoms with Gasteiger partial charge in [-0.3, -0.25) is 9.59 Å². The lowest BCUT2D eigenvalue weighted by atomic mass is 10.1. The molecule has 2 amide bonds. The van der Waals surface area contributed by atoms with Gasteiger partial charge in [-0.05, 0) is 49.1 Å². The highest BCUT2D eigenvalue weighted by molar-refractivity contribution is 6.30. The second kappa shape index (κ2) is 10.1. The van der Waals surface area contributed by atoms with Gasteiger partial charge in [-0.15, -0.1) is 0 Å². The Balaban J connectivity index is 2.21. The van der Waals surface area contributed by atoms with Gasteiger partial charge in [-0.2, -0.15) is 0 Å². The van der Waals surface area contributed by atoms with Crippen LogP contribution in [0.5, 0.6) is 0 Å². The number of carbonyl (C=O) groups excluding carboxylic acids is 2. The lowest BCUT2D eigenvalue weighted by molar-refractivity contribution is -0.140. The summed E-state index contributed by atoms with van der Waals surface area (Å²) in [6, 6.07) is 14.6. The summed E-state index contributed by atoms with van der Waals surface area (Å²) in [4.78, 5) is 27.2. The molecule has 0 saturated heterocycles. The Bertz CT molecular complexity index is 774. The summed E-state index contributed by atoms with van der Waals surface area (Å²) < 4.78 is 0. The van der Waals surface area contributed by atoms with Crippen molar-refractivity contribution >= 4 is 23.4 Å². The third-order valence-electron chi connectivity index (χ3n) is 4.59. The predicted molar refractivity (Wildman–Crippen MR) is 110 cm³/mol. The first-order chi connectivity index (χ1) is 12.9. The van der Waals surface area contributed by atoms with Gasteiger partial charge in [0.15, 0.2) is 0 Å². The quantitative estimate of drug-likeness (QED) is 0.741. The van der Waals surface area contributed by atoms with Crippen molar-refractivity contribution in [2.75, 3.05) is 6.54 Å². The summed E-state index contributed by atoms with van der Waals surface area (Å²) in [5, 5.41) is 3.52. The Labute approximate surface area is 166 Å². The summed E-state index contributed by atoms with van der Waals surface area (Å²) in [5.74, 6) is -0.213. The molecule has 0 radical (unpaired) electrons. The second-order valence-corrected chi connectivity index (χ2v) is 7.15. The highest BCUT2D eigenvalue weighted by atomic mass is 35.5. The molecule has 0 aliphatic rings. The van der Waals surface area contributed by atoms with Crippen LogP contribution in [-0.2, 0) is 22.6 Å². The van der Waals surface area contributed by atoms with Gasteiger partial charge >= 0.3 is 0 Å². The van der Waals surface area contributed by atoms with Crippen LogP contribution in [-0.4, -0.2) is 29.3 Å². The molecule has 2 rings (SSSR count).